The highest BCUT2D eigenvalue weighted by molar-refractivity contribution is 5.86. The summed E-state index contributed by atoms with van der Waals surface area (Å²) in [5.74, 6) is 2.64. The Kier molecular flexibility index (Phi) is 3.20. The van der Waals surface area contributed by atoms with Gasteiger partial charge < -0.3 is 15.1 Å². The molecular formula is C12H15N7O. The Labute approximate surface area is 115 Å². The fourth-order valence-corrected chi connectivity index (χ4v) is 1.85. The SMILES string of the molecule is CCNc1nc(NCc2ncc(C)o2)c2cn[nH]c2n1. The number of oxazole rings is 1. The highest BCUT2D eigenvalue weighted by Crippen LogP contribution is 2.20. The smallest absolute Gasteiger partial charge is 0.226 e. The van der Waals surface area contributed by atoms with E-state index in [1.807, 2.05) is 13.8 Å². The Morgan fingerprint density at radius 1 is 1.25 bits per heavy atom. The second-order valence-electron chi connectivity index (χ2n) is 4.28. The van der Waals surface area contributed by atoms with Crippen LogP contribution in [0.4, 0.5) is 11.8 Å². The molecule has 0 saturated heterocycles. The van der Waals surface area contributed by atoms with Gasteiger partial charge in [0.05, 0.1) is 24.3 Å². The first kappa shape index (κ1) is 12.4. The fourth-order valence-electron chi connectivity index (χ4n) is 1.85. The molecule has 0 aromatic carbocycles. The van der Waals surface area contributed by atoms with E-state index in [9.17, 15) is 0 Å². The molecule has 0 unspecified atom stereocenters. The van der Waals surface area contributed by atoms with Crippen LogP contribution in [0, 0.1) is 6.92 Å². The molecule has 3 rings (SSSR count). The van der Waals surface area contributed by atoms with E-state index >= 15 is 0 Å². The van der Waals surface area contributed by atoms with Crippen LogP contribution >= 0.6 is 0 Å². The van der Waals surface area contributed by atoms with E-state index in [1.54, 1.807) is 12.4 Å². The molecule has 0 aliphatic heterocycles. The normalized spacial score (nSPS) is 10.9. The minimum atomic E-state index is 0.455. The van der Waals surface area contributed by atoms with Crippen LogP contribution in [0.1, 0.15) is 18.6 Å². The van der Waals surface area contributed by atoms with Crippen molar-refractivity contribution in [1.82, 2.24) is 25.1 Å². The number of anilines is 2. The van der Waals surface area contributed by atoms with Crippen molar-refractivity contribution in [3.8, 4) is 0 Å². The lowest BCUT2D eigenvalue weighted by Crippen LogP contribution is -2.07. The zero-order valence-corrected chi connectivity index (χ0v) is 11.3. The number of nitrogens with zero attached hydrogens (tertiary/aromatic N) is 4. The Hall–Kier alpha value is -2.64. The molecule has 104 valence electrons. The molecular weight excluding hydrogens is 258 g/mol. The first-order chi connectivity index (χ1) is 9.76. The summed E-state index contributed by atoms with van der Waals surface area (Å²) in [6, 6.07) is 0. The van der Waals surface area contributed by atoms with Crippen LogP contribution < -0.4 is 10.6 Å². The summed E-state index contributed by atoms with van der Waals surface area (Å²) in [5, 5.41) is 13.9. The van der Waals surface area contributed by atoms with E-state index < -0.39 is 0 Å². The molecule has 0 aliphatic carbocycles. The van der Waals surface area contributed by atoms with Gasteiger partial charge in [-0.15, -0.1) is 0 Å². The second-order valence-corrected chi connectivity index (χ2v) is 4.28. The summed E-state index contributed by atoms with van der Waals surface area (Å²) in [6.07, 6.45) is 3.38. The summed E-state index contributed by atoms with van der Waals surface area (Å²) in [4.78, 5) is 12.9. The van der Waals surface area contributed by atoms with Crippen molar-refractivity contribution in [3.05, 3.63) is 24.0 Å². The molecule has 0 radical (unpaired) electrons. The largest absolute Gasteiger partial charge is 0.444 e. The van der Waals surface area contributed by atoms with Crippen molar-refractivity contribution in [2.45, 2.75) is 20.4 Å². The van der Waals surface area contributed by atoms with Crippen molar-refractivity contribution in [2.75, 3.05) is 17.2 Å². The molecule has 0 amide bonds. The average Bonchev–Trinajstić information content (AvgIpc) is 3.05. The van der Waals surface area contributed by atoms with E-state index in [1.165, 1.54) is 0 Å². The van der Waals surface area contributed by atoms with Crippen molar-refractivity contribution in [1.29, 1.82) is 0 Å². The minimum Gasteiger partial charge on any atom is -0.444 e. The fraction of sp³-hybridized carbons (Fsp3) is 0.333. The minimum absolute atomic E-state index is 0.455. The van der Waals surface area contributed by atoms with Gasteiger partial charge in [0, 0.05) is 6.54 Å². The van der Waals surface area contributed by atoms with Crippen molar-refractivity contribution < 1.29 is 4.42 Å². The number of aromatic amines is 1. The van der Waals surface area contributed by atoms with Gasteiger partial charge in [-0.1, -0.05) is 0 Å². The van der Waals surface area contributed by atoms with Gasteiger partial charge in [0.2, 0.25) is 11.8 Å². The summed E-state index contributed by atoms with van der Waals surface area (Å²) in [5.41, 5.74) is 0.682. The van der Waals surface area contributed by atoms with Crippen LogP contribution in [0.2, 0.25) is 0 Å². The van der Waals surface area contributed by atoms with Gasteiger partial charge in [-0.25, -0.2) is 4.98 Å². The average molecular weight is 273 g/mol. The third kappa shape index (κ3) is 2.40. The molecule has 8 heteroatoms. The van der Waals surface area contributed by atoms with Crippen LogP contribution in [-0.4, -0.2) is 31.7 Å². The van der Waals surface area contributed by atoms with Gasteiger partial charge in [0.15, 0.2) is 5.65 Å². The Bertz CT molecular complexity index is 717. The molecule has 3 N–H and O–H groups in total. The molecule has 0 saturated carbocycles. The third-order valence-electron chi connectivity index (χ3n) is 2.72. The molecule has 0 spiro atoms. The first-order valence-electron chi connectivity index (χ1n) is 6.36. The monoisotopic (exact) mass is 273 g/mol. The lowest BCUT2D eigenvalue weighted by molar-refractivity contribution is 0.479. The van der Waals surface area contributed by atoms with Gasteiger partial charge in [-0.3, -0.25) is 5.10 Å². The van der Waals surface area contributed by atoms with Gasteiger partial charge >= 0.3 is 0 Å². The standard InChI is InChI=1S/C12H15N7O/c1-3-13-12-17-10(8-5-16-19-11(8)18-12)15-6-9-14-4-7(2)20-9/h4-5H,3,6H2,1-2H3,(H3,13,15,16,17,18,19). The predicted molar refractivity (Wildman–Crippen MR) is 74.4 cm³/mol. The summed E-state index contributed by atoms with van der Waals surface area (Å²) < 4.78 is 5.42. The second kappa shape index (κ2) is 5.16. The Morgan fingerprint density at radius 3 is 2.90 bits per heavy atom. The van der Waals surface area contributed by atoms with E-state index in [-0.39, 0.29) is 0 Å². The molecule has 0 aliphatic rings. The van der Waals surface area contributed by atoms with Gasteiger partial charge in [0.1, 0.15) is 11.6 Å². The first-order valence-corrected chi connectivity index (χ1v) is 6.36. The zero-order valence-electron chi connectivity index (χ0n) is 11.3. The molecule has 3 aromatic rings. The maximum Gasteiger partial charge on any atom is 0.226 e. The van der Waals surface area contributed by atoms with Crippen molar-refractivity contribution >= 4 is 22.8 Å². The third-order valence-corrected chi connectivity index (χ3v) is 2.72. The van der Waals surface area contributed by atoms with E-state index in [2.05, 4.69) is 35.8 Å². The van der Waals surface area contributed by atoms with Gasteiger partial charge in [-0.05, 0) is 13.8 Å². The van der Waals surface area contributed by atoms with Crippen molar-refractivity contribution in [2.24, 2.45) is 0 Å². The maximum absolute atomic E-state index is 5.42. The summed E-state index contributed by atoms with van der Waals surface area (Å²) in [6.45, 7) is 5.05. The molecule has 3 heterocycles. The Morgan fingerprint density at radius 2 is 2.15 bits per heavy atom. The molecule has 0 bridgehead atoms. The van der Waals surface area contributed by atoms with Crippen LogP contribution in [0.15, 0.2) is 16.8 Å². The van der Waals surface area contributed by atoms with Crippen molar-refractivity contribution in [3.63, 3.8) is 0 Å². The van der Waals surface area contributed by atoms with E-state index in [0.717, 1.165) is 17.7 Å². The van der Waals surface area contributed by atoms with Gasteiger partial charge in [0.25, 0.3) is 0 Å². The number of fused-ring (bicyclic) bond motifs is 1. The molecule has 0 atom stereocenters. The number of H-pyrrole nitrogens is 1. The summed E-state index contributed by atoms with van der Waals surface area (Å²) >= 11 is 0. The topological polar surface area (TPSA) is 105 Å². The number of aromatic nitrogens is 5. The number of nitrogens with one attached hydrogen (secondary N) is 3. The highest BCUT2D eigenvalue weighted by atomic mass is 16.4. The molecule has 0 fully saturated rings. The van der Waals surface area contributed by atoms with Crippen LogP contribution in [0.25, 0.3) is 11.0 Å². The molecule has 3 aromatic heterocycles. The van der Waals surface area contributed by atoms with Crippen LogP contribution in [-0.2, 0) is 6.54 Å². The molecule has 8 nitrogen and oxygen atoms in total. The van der Waals surface area contributed by atoms with Gasteiger partial charge in [-0.2, -0.15) is 15.1 Å². The lowest BCUT2D eigenvalue weighted by atomic mass is 10.4. The summed E-state index contributed by atoms with van der Waals surface area (Å²) in [7, 11) is 0. The number of rotatable bonds is 5. The van der Waals surface area contributed by atoms with Crippen LogP contribution in [0.5, 0.6) is 0 Å². The zero-order chi connectivity index (χ0) is 13.9. The predicted octanol–water partition coefficient (Wildman–Crippen LogP) is 1.69. The Balaban J connectivity index is 1.87. The lowest BCUT2D eigenvalue weighted by Gasteiger charge is -2.07. The highest BCUT2D eigenvalue weighted by Gasteiger charge is 2.10. The maximum atomic E-state index is 5.42. The van der Waals surface area contributed by atoms with E-state index in [0.29, 0.717) is 29.8 Å². The quantitative estimate of drug-likeness (QED) is 0.649. The van der Waals surface area contributed by atoms with E-state index in [4.69, 9.17) is 4.42 Å². The number of aryl methyl sites for hydroxylation is 1. The van der Waals surface area contributed by atoms with Crippen LogP contribution in [0.3, 0.4) is 0 Å². The molecule has 20 heavy (non-hydrogen) atoms. The number of hydrogen-bond acceptors (Lipinski definition) is 7. The number of hydrogen-bond donors (Lipinski definition) is 3.